The zero-order valence-corrected chi connectivity index (χ0v) is 16.6. The van der Waals surface area contributed by atoms with Gasteiger partial charge < -0.3 is 20.3 Å². The van der Waals surface area contributed by atoms with E-state index in [0.29, 0.717) is 5.69 Å². The van der Waals surface area contributed by atoms with E-state index >= 15 is 0 Å². The van der Waals surface area contributed by atoms with E-state index in [-0.39, 0.29) is 24.4 Å². The maximum absolute atomic E-state index is 12.4. The van der Waals surface area contributed by atoms with Gasteiger partial charge in [-0.1, -0.05) is 15.9 Å². The van der Waals surface area contributed by atoms with Crippen LogP contribution in [0.2, 0.25) is 0 Å². The summed E-state index contributed by atoms with van der Waals surface area (Å²) in [4.78, 5) is 25.4. The van der Waals surface area contributed by atoms with Gasteiger partial charge in [0.25, 0.3) is 11.8 Å². The summed E-state index contributed by atoms with van der Waals surface area (Å²) in [5.74, 6) is 0.432. The van der Waals surface area contributed by atoms with Crippen LogP contribution in [-0.2, 0) is 9.59 Å². The third-order valence-electron chi connectivity index (χ3n) is 4.06. The molecule has 2 rings (SSSR count). The Bertz CT molecular complexity index is 748. The van der Waals surface area contributed by atoms with Crippen molar-refractivity contribution in [3.05, 3.63) is 53.0 Å². The molecule has 2 amide bonds. The van der Waals surface area contributed by atoms with Gasteiger partial charge in [0.15, 0.2) is 12.6 Å². The quantitative estimate of drug-likeness (QED) is 0.640. The molecule has 0 fully saturated rings. The first-order valence-electron chi connectivity index (χ1n) is 8.21. The Kier molecular flexibility index (Phi) is 7.17. The average molecular weight is 421 g/mol. The molecule has 0 aliphatic carbocycles. The molecule has 6 nitrogen and oxygen atoms in total. The number of nitrogens with one attached hydrogen (secondary N) is 3. The Balaban J connectivity index is 1.86. The fourth-order valence-corrected chi connectivity index (χ4v) is 2.56. The lowest BCUT2D eigenvalue weighted by Gasteiger charge is -2.20. The van der Waals surface area contributed by atoms with E-state index in [9.17, 15) is 9.59 Å². The molecule has 0 saturated heterocycles. The highest BCUT2D eigenvalue weighted by Gasteiger charge is 2.24. The average Bonchev–Trinajstić information content (AvgIpc) is 2.63. The number of hydrogen-bond acceptors (Lipinski definition) is 3. The molecular formula is C19H23BrN3O3+. The van der Waals surface area contributed by atoms with E-state index in [0.717, 1.165) is 20.8 Å². The first-order chi connectivity index (χ1) is 12.4. The third kappa shape index (κ3) is 5.86. The maximum atomic E-state index is 12.4. The minimum atomic E-state index is -0.375. The van der Waals surface area contributed by atoms with Crippen LogP contribution in [-0.4, -0.2) is 38.6 Å². The van der Waals surface area contributed by atoms with Crippen molar-refractivity contribution in [3.8, 4) is 5.75 Å². The molecule has 3 N–H and O–H groups in total. The summed E-state index contributed by atoms with van der Waals surface area (Å²) in [5.41, 5.74) is 1.41. The van der Waals surface area contributed by atoms with Crippen LogP contribution in [0.4, 0.5) is 11.4 Å². The number of amides is 2. The fourth-order valence-electron chi connectivity index (χ4n) is 2.29. The molecule has 26 heavy (non-hydrogen) atoms. The number of methoxy groups -OCH3 is 1. The molecule has 2 aromatic rings. The van der Waals surface area contributed by atoms with E-state index in [1.807, 2.05) is 31.3 Å². The summed E-state index contributed by atoms with van der Waals surface area (Å²) in [6.07, 6.45) is 0. The zero-order valence-electron chi connectivity index (χ0n) is 15.0. The predicted octanol–water partition coefficient (Wildman–Crippen LogP) is 1.94. The SMILES string of the molecule is COc1ccc(NC(=O)C[NH+](C)[C@@H](C)C(=O)Nc2ccc(Br)cc2)cc1. The molecule has 2 atom stereocenters. The fraction of sp³-hybridized carbons (Fsp3) is 0.263. The predicted molar refractivity (Wildman–Crippen MR) is 106 cm³/mol. The van der Waals surface area contributed by atoms with Gasteiger partial charge in [-0.05, 0) is 55.5 Å². The lowest BCUT2D eigenvalue weighted by molar-refractivity contribution is -0.885. The second kappa shape index (κ2) is 9.35. The Morgan fingerprint density at radius 1 is 1.04 bits per heavy atom. The summed E-state index contributed by atoms with van der Waals surface area (Å²) < 4.78 is 6.03. The number of carbonyl (C=O) groups is 2. The van der Waals surface area contributed by atoms with Crippen molar-refractivity contribution in [1.29, 1.82) is 0 Å². The van der Waals surface area contributed by atoms with E-state index in [2.05, 4.69) is 26.6 Å². The van der Waals surface area contributed by atoms with Crippen LogP contribution in [0, 0.1) is 0 Å². The summed E-state index contributed by atoms with van der Waals surface area (Å²) >= 11 is 3.36. The molecule has 0 aliphatic heterocycles. The highest BCUT2D eigenvalue weighted by Crippen LogP contribution is 2.15. The van der Waals surface area contributed by atoms with Crippen molar-refractivity contribution in [3.63, 3.8) is 0 Å². The number of quaternary nitrogens is 1. The van der Waals surface area contributed by atoms with Gasteiger partial charge in [0.2, 0.25) is 0 Å². The van der Waals surface area contributed by atoms with Gasteiger partial charge in [-0.15, -0.1) is 0 Å². The van der Waals surface area contributed by atoms with Crippen molar-refractivity contribution in [2.24, 2.45) is 0 Å². The molecule has 2 aromatic carbocycles. The zero-order chi connectivity index (χ0) is 19.1. The monoisotopic (exact) mass is 420 g/mol. The van der Waals surface area contributed by atoms with Crippen LogP contribution < -0.4 is 20.3 Å². The molecule has 0 radical (unpaired) electrons. The van der Waals surface area contributed by atoms with Crippen LogP contribution in [0.3, 0.4) is 0 Å². The minimum Gasteiger partial charge on any atom is -0.497 e. The van der Waals surface area contributed by atoms with E-state index in [1.165, 1.54) is 0 Å². The number of hydrogen-bond donors (Lipinski definition) is 3. The number of carbonyl (C=O) groups excluding carboxylic acids is 2. The van der Waals surface area contributed by atoms with Crippen LogP contribution in [0.25, 0.3) is 0 Å². The van der Waals surface area contributed by atoms with E-state index in [4.69, 9.17) is 4.74 Å². The molecule has 0 aliphatic rings. The molecule has 0 saturated carbocycles. The molecule has 138 valence electrons. The molecule has 0 bridgehead atoms. The summed E-state index contributed by atoms with van der Waals surface area (Å²) in [5, 5.41) is 5.68. The lowest BCUT2D eigenvalue weighted by Crippen LogP contribution is -3.14. The summed E-state index contributed by atoms with van der Waals surface area (Å²) in [6, 6.07) is 14.1. The molecule has 7 heteroatoms. The van der Waals surface area contributed by atoms with Gasteiger partial charge in [0, 0.05) is 15.8 Å². The van der Waals surface area contributed by atoms with Crippen molar-refractivity contribution in [2.75, 3.05) is 31.3 Å². The van der Waals surface area contributed by atoms with E-state index < -0.39 is 0 Å². The Morgan fingerprint density at radius 3 is 2.15 bits per heavy atom. The Hall–Kier alpha value is -2.38. The van der Waals surface area contributed by atoms with Gasteiger partial charge >= 0.3 is 0 Å². The van der Waals surface area contributed by atoms with Gasteiger partial charge in [-0.2, -0.15) is 0 Å². The molecule has 0 aromatic heterocycles. The topological polar surface area (TPSA) is 71.9 Å². The highest BCUT2D eigenvalue weighted by atomic mass is 79.9. The Morgan fingerprint density at radius 2 is 1.58 bits per heavy atom. The number of anilines is 2. The van der Waals surface area contributed by atoms with E-state index in [1.54, 1.807) is 38.3 Å². The van der Waals surface area contributed by atoms with Crippen LogP contribution >= 0.6 is 15.9 Å². The lowest BCUT2D eigenvalue weighted by atomic mass is 10.2. The normalized spacial score (nSPS) is 12.8. The summed E-state index contributed by atoms with van der Waals surface area (Å²) in [6.45, 7) is 1.98. The first kappa shape index (κ1) is 19.9. The molecule has 1 unspecified atom stereocenters. The van der Waals surface area contributed by atoms with Crippen molar-refractivity contribution in [2.45, 2.75) is 13.0 Å². The maximum Gasteiger partial charge on any atom is 0.282 e. The number of likely N-dealkylation sites (N-methyl/N-ethyl adjacent to an activating group) is 1. The standard InChI is InChI=1S/C19H22BrN3O3/c1-13(19(25)22-16-6-4-14(20)5-7-16)23(2)12-18(24)21-15-8-10-17(26-3)11-9-15/h4-11,13H,12H2,1-3H3,(H,21,24)(H,22,25)/p+1/t13-/m0/s1. The number of rotatable bonds is 7. The third-order valence-corrected chi connectivity index (χ3v) is 4.59. The molecule has 0 spiro atoms. The smallest absolute Gasteiger partial charge is 0.282 e. The molecule has 0 heterocycles. The largest absolute Gasteiger partial charge is 0.497 e. The molecular weight excluding hydrogens is 398 g/mol. The first-order valence-corrected chi connectivity index (χ1v) is 9.01. The number of benzene rings is 2. The summed E-state index contributed by atoms with van der Waals surface area (Å²) in [7, 11) is 3.41. The Labute approximate surface area is 161 Å². The highest BCUT2D eigenvalue weighted by molar-refractivity contribution is 9.10. The van der Waals surface area contributed by atoms with Crippen LogP contribution in [0.1, 0.15) is 6.92 Å². The van der Waals surface area contributed by atoms with Gasteiger partial charge in [0.05, 0.1) is 14.2 Å². The van der Waals surface area contributed by atoms with Crippen molar-refractivity contribution < 1.29 is 19.2 Å². The van der Waals surface area contributed by atoms with Crippen molar-refractivity contribution >= 4 is 39.1 Å². The van der Waals surface area contributed by atoms with Gasteiger partial charge in [-0.3, -0.25) is 9.59 Å². The minimum absolute atomic E-state index is 0.137. The number of halogens is 1. The van der Waals surface area contributed by atoms with Gasteiger partial charge in [-0.25, -0.2) is 0 Å². The van der Waals surface area contributed by atoms with Gasteiger partial charge in [0.1, 0.15) is 5.75 Å². The van der Waals surface area contributed by atoms with Crippen molar-refractivity contribution in [1.82, 2.24) is 0 Å². The second-order valence-corrected chi connectivity index (χ2v) is 6.93. The van der Waals surface area contributed by atoms with Crippen LogP contribution in [0.5, 0.6) is 5.75 Å². The second-order valence-electron chi connectivity index (χ2n) is 6.02. The van der Waals surface area contributed by atoms with Crippen LogP contribution in [0.15, 0.2) is 53.0 Å². The number of ether oxygens (including phenoxy) is 1.